The normalized spacial score (nSPS) is 13.9. The fraction of sp³-hybridized carbons (Fsp3) is 0.321. The van der Waals surface area contributed by atoms with Gasteiger partial charge >= 0.3 is 5.97 Å². The number of carboxylic acids is 1. The molecule has 8 nitrogen and oxygen atoms in total. The SMILES string of the molecule is Cc1c[nH]c(=O)c(Cc2ccccc2Cl)c1[C@@H](C(=O)N[C@@H](CC(=O)O)c1ccc2c(c1)OCO2)C(C)C. The van der Waals surface area contributed by atoms with Crippen LogP contribution >= 0.6 is 11.6 Å². The second-order valence-corrected chi connectivity index (χ2v) is 9.86. The van der Waals surface area contributed by atoms with E-state index in [1.165, 1.54) is 0 Å². The van der Waals surface area contributed by atoms with Gasteiger partial charge in [-0.1, -0.05) is 49.7 Å². The topological polar surface area (TPSA) is 118 Å². The molecular weight excluding hydrogens is 496 g/mol. The first kappa shape index (κ1) is 26.3. The van der Waals surface area contributed by atoms with E-state index < -0.39 is 17.9 Å². The minimum absolute atomic E-state index is 0.0835. The highest BCUT2D eigenvalue weighted by atomic mass is 35.5. The Balaban J connectivity index is 1.72. The molecule has 0 fully saturated rings. The van der Waals surface area contributed by atoms with Crippen LogP contribution in [0.1, 0.15) is 60.0 Å². The summed E-state index contributed by atoms with van der Waals surface area (Å²) in [6.07, 6.45) is 1.53. The number of aromatic amines is 1. The van der Waals surface area contributed by atoms with Crippen molar-refractivity contribution in [2.45, 2.75) is 45.6 Å². The Bertz CT molecular complexity index is 1380. The number of aromatic nitrogens is 1. The molecule has 0 bridgehead atoms. The lowest BCUT2D eigenvalue weighted by Crippen LogP contribution is -2.37. The molecular formula is C28H29ClN2O6. The Labute approximate surface area is 219 Å². The number of aryl methyl sites for hydroxylation is 1. The molecule has 194 valence electrons. The van der Waals surface area contributed by atoms with Gasteiger partial charge in [0.15, 0.2) is 11.5 Å². The van der Waals surface area contributed by atoms with Crippen molar-refractivity contribution >= 4 is 23.5 Å². The number of nitrogens with one attached hydrogen (secondary N) is 2. The van der Waals surface area contributed by atoms with Crippen molar-refractivity contribution in [3.05, 3.63) is 91.9 Å². The van der Waals surface area contributed by atoms with Gasteiger partial charge in [-0.05, 0) is 53.3 Å². The predicted molar refractivity (Wildman–Crippen MR) is 139 cm³/mol. The largest absolute Gasteiger partial charge is 0.481 e. The van der Waals surface area contributed by atoms with Crippen molar-refractivity contribution in [1.82, 2.24) is 10.3 Å². The number of H-pyrrole nitrogens is 1. The van der Waals surface area contributed by atoms with Gasteiger partial charge in [-0.3, -0.25) is 14.4 Å². The fourth-order valence-corrected chi connectivity index (χ4v) is 4.93. The van der Waals surface area contributed by atoms with Gasteiger partial charge in [0, 0.05) is 23.2 Å². The van der Waals surface area contributed by atoms with Gasteiger partial charge in [0.2, 0.25) is 12.7 Å². The lowest BCUT2D eigenvalue weighted by molar-refractivity contribution is -0.137. The number of fused-ring (bicyclic) bond motifs is 1. The Kier molecular flexibility index (Phi) is 7.88. The van der Waals surface area contributed by atoms with Crippen LogP contribution in [0.5, 0.6) is 11.5 Å². The zero-order valence-electron chi connectivity index (χ0n) is 20.8. The van der Waals surface area contributed by atoms with Crippen LogP contribution in [-0.2, 0) is 16.0 Å². The lowest BCUT2D eigenvalue weighted by atomic mass is 9.81. The third kappa shape index (κ3) is 5.80. The van der Waals surface area contributed by atoms with E-state index in [0.29, 0.717) is 33.2 Å². The van der Waals surface area contributed by atoms with E-state index in [9.17, 15) is 19.5 Å². The van der Waals surface area contributed by atoms with Gasteiger partial charge in [0.25, 0.3) is 5.56 Å². The van der Waals surface area contributed by atoms with Gasteiger partial charge in [0.1, 0.15) is 0 Å². The van der Waals surface area contributed by atoms with E-state index in [1.807, 2.05) is 39.0 Å². The number of halogens is 1. The molecule has 3 aromatic rings. The number of benzene rings is 2. The Hall–Kier alpha value is -3.78. The molecule has 0 saturated carbocycles. The molecule has 3 N–H and O–H groups in total. The van der Waals surface area contributed by atoms with E-state index in [4.69, 9.17) is 21.1 Å². The summed E-state index contributed by atoms with van der Waals surface area (Å²) < 4.78 is 10.8. The molecule has 0 unspecified atom stereocenters. The van der Waals surface area contributed by atoms with Gasteiger partial charge in [0.05, 0.1) is 18.4 Å². The number of carbonyl (C=O) groups excluding carboxylic acids is 1. The second kappa shape index (κ2) is 11.1. The van der Waals surface area contributed by atoms with Crippen molar-refractivity contribution in [3.63, 3.8) is 0 Å². The van der Waals surface area contributed by atoms with Crippen LogP contribution in [0.25, 0.3) is 0 Å². The maximum absolute atomic E-state index is 13.8. The van der Waals surface area contributed by atoms with Crippen molar-refractivity contribution in [2.75, 3.05) is 6.79 Å². The summed E-state index contributed by atoms with van der Waals surface area (Å²) in [5.74, 6) is -1.26. The Morgan fingerprint density at radius 3 is 2.57 bits per heavy atom. The first-order valence-corrected chi connectivity index (χ1v) is 12.4. The zero-order chi connectivity index (χ0) is 26.7. The van der Waals surface area contributed by atoms with Crippen LogP contribution in [0.15, 0.2) is 53.5 Å². The predicted octanol–water partition coefficient (Wildman–Crippen LogP) is 4.73. The highest BCUT2D eigenvalue weighted by Crippen LogP contribution is 2.36. The Morgan fingerprint density at radius 2 is 1.86 bits per heavy atom. The summed E-state index contributed by atoms with van der Waals surface area (Å²) in [6.45, 7) is 5.73. The Morgan fingerprint density at radius 1 is 1.14 bits per heavy atom. The molecule has 0 saturated heterocycles. The van der Waals surface area contributed by atoms with E-state index in [-0.39, 0.29) is 37.0 Å². The van der Waals surface area contributed by atoms with Gasteiger partial charge in [-0.2, -0.15) is 0 Å². The summed E-state index contributed by atoms with van der Waals surface area (Å²) in [5.41, 5.74) is 2.90. The first-order chi connectivity index (χ1) is 17.7. The smallest absolute Gasteiger partial charge is 0.305 e. The number of hydrogen-bond acceptors (Lipinski definition) is 5. The zero-order valence-corrected chi connectivity index (χ0v) is 21.6. The number of aliphatic carboxylic acids is 1. The number of rotatable bonds is 9. The number of carboxylic acid groups (broad SMARTS) is 1. The van der Waals surface area contributed by atoms with Gasteiger partial charge < -0.3 is 24.9 Å². The molecule has 2 heterocycles. The maximum atomic E-state index is 13.8. The third-order valence-electron chi connectivity index (χ3n) is 6.52. The molecule has 37 heavy (non-hydrogen) atoms. The summed E-state index contributed by atoms with van der Waals surface area (Å²) >= 11 is 6.38. The average molecular weight is 525 g/mol. The van der Waals surface area contributed by atoms with Crippen molar-refractivity contribution < 1.29 is 24.2 Å². The number of hydrogen-bond donors (Lipinski definition) is 3. The van der Waals surface area contributed by atoms with E-state index >= 15 is 0 Å². The number of amides is 1. The van der Waals surface area contributed by atoms with Crippen LogP contribution < -0.4 is 20.3 Å². The summed E-state index contributed by atoms with van der Waals surface area (Å²) in [7, 11) is 0. The molecule has 9 heteroatoms. The summed E-state index contributed by atoms with van der Waals surface area (Å²) in [4.78, 5) is 41.3. The van der Waals surface area contributed by atoms with Gasteiger partial charge in [-0.25, -0.2) is 0 Å². The number of ether oxygens (including phenoxy) is 2. The highest BCUT2D eigenvalue weighted by Gasteiger charge is 2.32. The standard InChI is InChI=1S/C28H29ClN2O6/c1-15(2)25(26-16(3)13-30-27(34)19(26)10-17-6-4-5-7-20(17)29)28(35)31-21(12-24(32)33)18-8-9-22-23(11-18)37-14-36-22/h4-9,11,13,15,21,25H,10,12,14H2,1-3H3,(H,30,34)(H,31,35)(H,32,33)/t21-,25-/m0/s1. The van der Waals surface area contributed by atoms with E-state index in [0.717, 1.165) is 11.1 Å². The molecule has 2 aromatic carbocycles. The molecule has 1 aliphatic heterocycles. The number of carbonyl (C=O) groups is 2. The lowest BCUT2D eigenvalue weighted by Gasteiger charge is -2.27. The average Bonchev–Trinajstić information content (AvgIpc) is 3.31. The summed E-state index contributed by atoms with van der Waals surface area (Å²) in [6, 6.07) is 11.6. The monoisotopic (exact) mass is 524 g/mol. The van der Waals surface area contributed by atoms with Crippen molar-refractivity contribution in [3.8, 4) is 11.5 Å². The molecule has 0 radical (unpaired) electrons. The summed E-state index contributed by atoms with van der Waals surface area (Å²) in [5, 5.41) is 13.0. The molecule has 1 aromatic heterocycles. The minimum atomic E-state index is -1.06. The maximum Gasteiger partial charge on any atom is 0.305 e. The molecule has 0 spiro atoms. The fourth-order valence-electron chi connectivity index (χ4n) is 4.73. The molecule has 0 aliphatic carbocycles. The molecule has 1 amide bonds. The highest BCUT2D eigenvalue weighted by molar-refractivity contribution is 6.31. The first-order valence-electron chi connectivity index (χ1n) is 12.0. The van der Waals surface area contributed by atoms with Crippen molar-refractivity contribution in [2.24, 2.45) is 5.92 Å². The van der Waals surface area contributed by atoms with Crippen LogP contribution in [0.3, 0.4) is 0 Å². The quantitative estimate of drug-likeness (QED) is 0.372. The van der Waals surface area contributed by atoms with Crippen LogP contribution in [0, 0.1) is 12.8 Å². The minimum Gasteiger partial charge on any atom is -0.481 e. The van der Waals surface area contributed by atoms with Crippen LogP contribution in [0.2, 0.25) is 5.02 Å². The molecule has 4 rings (SSSR count). The van der Waals surface area contributed by atoms with Crippen molar-refractivity contribution in [1.29, 1.82) is 0 Å². The third-order valence-corrected chi connectivity index (χ3v) is 6.89. The second-order valence-electron chi connectivity index (χ2n) is 9.45. The van der Waals surface area contributed by atoms with Gasteiger partial charge in [-0.15, -0.1) is 0 Å². The van der Waals surface area contributed by atoms with E-state index in [2.05, 4.69) is 10.3 Å². The molecule has 1 aliphatic rings. The van der Waals surface area contributed by atoms with Crippen LogP contribution in [0.4, 0.5) is 0 Å². The van der Waals surface area contributed by atoms with Crippen LogP contribution in [-0.4, -0.2) is 28.8 Å². The molecule has 2 atom stereocenters. The number of pyridine rings is 1. The van der Waals surface area contributed by atoms with E-state index in [1.54, 1.807) is 30.5 Å².